The van der Waals surface area contributed by atoms with Crippen molar-refractivity contribution >= 4 is 17.2 Å². The summed E-state index contributed by atoms with van der Waals surface area (Å²) in [4.78, 5) is 0.802. The molecule has 0 bridgehead atoms. The van der Waals surface area contributed by atoms with Crippen LogP contribution in [0.3, 0.4) is 0 Å². The number of ether oxygens (including phenoxy) is 3. The standard InChI is InChI=1S/C24H35NO3S/c1-19(2)20(3)25-24(29)12-10-8-6-4-5-7-9-11-15-26-17-21-13-14-22-23(16-21)28-18-27-22/h6,8,10,12-14,16,19-20H,4-5,7,9,11,15,17-18H2,1-3H3,(H,25,29)/b8-6+,12-10+. The van der Waals surface area contributed by atoms with E-state index in [-0.39, 0.29) is 0 Å². The van der Waals surface area contributed by atoms with Crippen molar-refractivity contribution in [3.63, 3.8) is 0 Å². The average Bonchev–Trinajstić information content (AvgIpc) is 3.16. The summed E-state index contributed by atoms with van der Waals surface area (Å²) in [5.41, 5.74) is 1.13. The van der Waals surface area contributed by atoms with Crippen molar-refractivity contribution in [3.05, 3.63) is 48.1 Å². The Balaban J connectivity index is 1.43. The molecular formula is C24H35NO3S. The Bertz CT molecular complexity index is 685. The van der Waals surface area contributed by atoms with E-state index >= 15 is 0 Å². The summed E-state index contributed by atoms with van der Waals surface area (Å²) < 4.78 is 16.5. The zero-order valence-corrected chi connectivity index (χ0v) is 18.8. The molecule has 2 rings (SSSR count). The van der Waals surface area contributed by atoms with Gasteiger partial charge in [-0.25, -0.2) is 0 Å². The SMILES string of the molecule is CC(C)C(C)NC(=S)/C=C/C=C/CCCCCCOCc1ccc2c(c1)OCO2. The Kier molecular flexibility index (Phi) is 10.8. The van der Waals surface area contributed by atoms with Crippen LogP contribution in [-0.4, -0.2) is 24.4 Å². The molecule has 0 aliphatic carbocycles. The fraction of sp³-hybridized carbons (Fsp3) is 0.542. The van der Waals surface area contributed by atoms with Crippen molar-refractivity contribution in [2.24, 2.45) is 5.92 Å². The lowest BCUT2D eigenvalue weighted by Gasteiger charge is -2.17. The third-order valence-electron chi connectivity index (χ3n) is 4.98. The minimum atomic E-state index is 0.313. The number of thiocarbonyl (C=S) groups is 1. The molecule has 0 fully saturated rings. The van der Waals surface area contributed by atoms with Gasteiger partial charge in [0.15, 0.2) is 11.5 Å². The molecule has 0 saturated carbocycles. The van der Waals surface area contributed by atoms with Crippen LogP contribution in [-0.2, 0) is 11.3 Å². The summed E-state index contributed by atoms with van der Waals surface area (Å²) in [6.07, 6.45) is 14.1. The minimum Gasteiger partial charge on any atom is -0.454 e. The molecule has 1 heterocycles. The van der Waals surface area contributed by atoms with Gasteiger partial charge in [0.05, 0.1) is 11.6 Å². The summed E-state index contributed by atoms with van der Waals surface area (Å²) in [6.45, 7) is 8.27. The first-order chi connectivity index (χ1) is 14.1. The van der Waals surface area contributed by atoms with Crippen LogP contribution in [0.5, 0.6) is 11.5 Å². The zero-order valence-electron chi connectivity index (χ0n) is 18.0. The summed E-state index contributed by atoms with van der Waals surface area (Å²) >= 11 is 5.32. The number of nitrogens with one attached hydrogen (secondary N) is 1. The van der Waals surface area contributed by atoms with Gasteiger partial charge in [-0.1, -0.05) is 63.2 Å². The molecule has 5 heteroatoms. The minimum absolute atomic E-state index is 0.313. The molecule has 1 aliphatic rings. The molecule has 4 nitrogen and oxygen atoms in total. The van der Waals surface area contributed by atoms with Crippen LogP contribution in [0.4, 0.5) is 0 Å². The van der Waals surface area contributed by atoms with Crippen LogP contribution in [0.2, 0.25) is 0 Å². The number of hydrogen-bond acceptors (Lipinski definition) is 4. The number of allylic oxidation sites excluding steroid dienone is 3. The third-order valence-corrected chi connectivity index (χ3v) is 5.23. The van der Waals surface area contributed by atoms with Crippen molar-refractivity contribution in [3.8, 4) is 11.5 Å². The molecular weight excluding hydrogens is 382 g/mol. The maximum Gasteiger partial charge on any atom is 0.231 e. The van der Waals surface area contributed by atoms with Gasteiger partial charge in [-0.15, -0.1) is 0 Å². The van der Waals surface area contributed by atoms with Gasteiger partial charge in [-0.2, -0.15) is 0 Å². The number of unbranched alkanes of at least 4 members (excludes halogenated alkanes) is 4. The van der Waals surface area contributed by atoms with Crippen LogP contribution < -0.4 is 14.8 Å². The molecule has 0 aromatic heterocycles. The van der Waals surface area contributed by atoms with Gasteiger partial charge in [0, 0.05) is 12.6 Å². The second-order valence-corrected chi connectivity index (χ2v) is 8.21. The van der Waals surface area contributed by atoms with E-state index in [1.54, 1.807) is 0 Å². The van der Waals surface area contributed by atoms with Gasteiger partial charge in [-0.3, -0.25) is 0 Å². The third kappa shape index (κ3) is 9.46. The summed E-state index contributed by atoms with van der Waals surface area (Å²) in [5, 5.41) is 3.32. The molecule has 0 amide bonds. The normalized spacial score (nSPS) is 14.2. The molecule has 29 heavy (non-hydrogen) atoms. The van der Waals surface area contributed by atoms with Crippen LogP contribution in [0, 0.1) is 5.92 Å². The van der Waals surface area contributed by atoms with Gasteiger partial charge < -0.3 is 19.5 Å². The highest BCUT2D eigenvalue weighted by Gasteiger charge is 2.12. The van der Waals surface area contributed by atoms with Crippen molar-refractivity contribution in [1.82, 2.24) is 5.32 Å². The Morgan fingerprint density at radius 3 is 2.72 bits per heavy atom. The quantitative estimate of drug-likeness (QED) is 0.186. The van der Waals surface area contributed by atoms with Crippen LogP contribution in [0.25, 0.3) is 0 Å². The molecule has 160 valence electrons. The molecule has 0 spiro atoms. The lowest BCUT2D eigenvalue weighted by atomic mass is 10.1. The number of hydrogen-bond donors (Lipinski definition) is 1. The number of fused-ring (bicyclic) bond motifs is 1. The van der Waals surface area contributed by atoms with Gasteiger partial charge >= 0.3 is 0 Å². The maximum absolute atomic E-state index is 5.77. The van der Waals surface area contributed by atoms with E-state index in [4.69, 9.17) is 26.4 Å². The first-order valence-corrected chi connectivity index (χ1v) is 11.1. The molecule has 1 N–H and O–H groups in total. The highest BCUT2D eigenvalue weighted by molar-refractivity contribution is 7.80. The molecule has 1 aromatic rings. The van der Waals surface area contributed by atoms with Crippen molar-refractivity contribution in [2.75, 3.05) is 13.4 Å². The van der Waals surface area contributed by atoms with Gasteiger partial charge in [0.1, 0.15) is 0 Å². The van der Waals surface area contributed by atoms with E-state index < -0.39 is 0 Å². The highest BCUT2D eigenvalue weighted by Crippen LogP contribution is 2.32. The highest BCUT2D eigenvalue weighted by atomic mass is 32.1. The lowest BCUT2D eigenvalue weighted by molar-refractivity contribution is 0.116. The predicted molar refractivity (Wildman–Crippen MR) is 124 cm³/mol. The molecule has 1 aliphatic heterocycles. The zero-order chi connectivity index (χ0) is 20.9. The van der Waals surface area contributed by atoms with Gasteiger partial charge in [0.2, 0.25) is 6.79 Å². The maximum atomic E-state index is 5.77. The molecule has 0 radical (unpaired) electrons. The Labute approximate surface area is 181 Å². The fourth-order valence-electron chi connectivity index (χ4n) is 2.80. The van der Waals surface area contributed by atoms with E-state index in [2.05, 4.69) is 38.2 Å². The van der Waals surface area contributed by atoms with Crippen molar-refractivity contribution < 1.29 is 14.2 Å². The largest absolute Gasteiger partial charge is 0.454 e. The molecule has 1 aromatic carbocycles. The second kappa shape index (κ2) is 13.4. The molecule has 1 unspecified atom stereocenters. The smallest absolute Gasteiger partial charge is 0.231 e. The van der Waals surface area contributed by atoms with Crippen molar-refractivity contribution in [1.29, 1.82) is 0 Å². The van der Waals surface area contributed by atoms with Crippen LogP contribution in [0.15, 0.2) is 42.5 Å². The van der Waals surface area contributed by atoms with E-state index in [1.165, 1.54) is 19.3 Å². The van der Waals surface area contributed by atoms with E-state index in [0.29, 0.717) is 25.4 Å². The summed E-state index contributed by atoms with van der Waals surface area (Å²) in [5.74, 6) is 2.21. The monoisotopic (exact) mass is 417 g/mol. The van der Waals surface area contributed by atoms with Gasteiger partial charge in [0.25, 0.3) is 0 Å². The fourth-order valence-corrected chi connectivity index (χ4v) is 3.06. The van der Waals surface area contributed by atoms with Crippen LogP contribution >= 0.6 is 12.2 Å². The van der Waals surface area contributed by atoms with E-state index in [1.807, 2.05) is 30.4 Å². The predicted octanol–water partition coefficient (Wildman–Crippen LogP) is 5.96. The number of rotatable bonds is 13. The first kappa shape index (κ1) is 23.4. The summed E-state index contributed by atoms with van der Waals surface area (Å²) in [7, 11) is 0. The topological polar surface area (TPSA) is 39.7 Å². The van der Waals surface area contributed by atoms with E-state index in [9.17, 15) is 0 Å². The van der Waals surface area contributed by atoms with Gasteiger partial charge in [-0.05, 0) is 55.9 Å². The summed E-state index contributed by atoms with van der Waals surface area (Å²) in [6, 6.07) is 6.37. The Hall–Kier alpha value is -1.85. The van der Waals surface area contributed by atoms with E-state index in [0.717, 1.165) is 41.5 Å². The average molecular weight is 418 g/mol. The number of benzene rings is 1. The Morgan fingerprint density at radius 1 is 1.10 bits per heavy atom. The van der Waals surface area contributed by atoms with Crippen molar-refractivity contribution in [2.45, 2.75) is 65.5 Å². The molecule has 1 atom stereocenters. The van der Waals surface area contributed by atoms with Crippen LogP contribution in [0.1, 0.15) is 58.4 Å². The molecule has 0 saturated heterocycles. The lowest BCUT2D eigenvalue weighted by Crippen LogP contribution is -2.33. The Morgan fingerprint density at radius 2 is 1.90 bits per heavy atom. The first-order valence-electron chi connectivity index (χ1n) is 10.7. The second-order valence-electron chi connectivity index (χ2n) is 7.77.